The number of hydrogen-bond acceptors (Lipinski definition) is 4. The van der Waals surface area contributed by atoms with Gasteiger partial charge in [-0.25, -0.2) is 8.42 Å². The highest BCUT2D eigenvalue weighted by molar-refractivity contribution is 9.10. The van der Waals surface area contributed by atoms with Gasteiger partial charge >= 0.3 is 0 Å². The SMILES string of the molecule is CSc1ccccc1C(=O)Nc1ccc(S(=O)(=O)c2ccc(Br)cc2)cc1. The molecule has 0 aliphatic heterocycles. The van der Waals surface area contributed by atoms with Gasteiger partial charge in [0.15, 0.2) is 0 Å². The number of nitrogens with one attached hydrogen (secondary N) is 1. The van der Waals surface area contributed by atoms with Crippen LogP contribution in [0.2, 0.25) is 0 Å². The van der Waals surface area contributed by atoms with Crippen LogP contribution in [0.3, 0.4) is 0 Å². The molecule has 27 heavy (non-hydrogen) atoms. The first-order valence-corrected chi connectivity index (χ1v) is 11.5. The molecule has 1 amide bonds. The van der Waals surface area contributed by atoms with Gasteiger partial charge in [-0.1, -0.05) is 28.1 Å². The summed E-state index contributed by atoms with van der Waals surface area (Å²) in [4.78, 5) is 13.8. The van der Waals surface area contributed by atoms with E-state index < -0.39 is 9.84 Å². The van der Waals surface area contributed by atoms with Crippen molar-refractivity contribution in [1.29, 1.82) is 0 Å². The zero-order valence-corrected chi connectivity index (χ0v) is 17.6. The molecule has 0 radical (unpaired) electrons. The van der Waals surface area contributed by atoms with Crippen LogP contribution in [0.25, 0.3) is 0 Å². The Bertz CT molecular complexity index is 1060. The van der Waals surface area contributed by atoms with E-state index in [-0.39, 0.29) is 15.7 Å². The van der Waals surface area contributed by atoms with Crippen molar-refractivity contribution in [3.05, 3.63) is 82.8 Å². The number of sulfone groups is 1. The maximum atomic E-state index is 12.7. The summed E-state index contributed by atoms with van der Waals surface area (Å²) in [6.07, 6.45) is 1.91. The Morgan fingerprint density at radius 2 is 1.44 bits per heavy atom. The molecular formula is C20H16BrNO3S2. The Morgan fingerprint density at radius 3 is 2.04 bits per heavy atom. The molecule has 0 heterocycles. The molecule has 3 rings (SSSR count). The molecule has 0 unspecified atom stereocenters. The molecule has 0 aromatic heterocycles. The third kappa shape index (κ3) is 4.43. The highest BCUT2D eigenvalue weighted by atomic mass is 79.9. The van der Waals surface area contributed by atoms with Crippen molar-refractivity contribution in [2.75, 3.05) is 11.6 Å². The molecular weight excluding hydrogens is 446 g/mol. The number of thioether (sulfide) groups is 1. The van der Waals surface area contributed by atoms with Gasteiger partial charge in [0.25, 0.3) is 5.91 Å². The quantitative estimate of drug-likeness (QED) is 0.526. The van der Waals surface area contributed by atoms with Gasteiger partial charge in [-0.2, -0.15) is 0 Å². The van der Waals surface area contributed by atoms with Crippen molar-refractivity contribution in [2.45, 2.75) is 14.7 Å². The lowest BCUT2D eigenvalue weighted by atomic mass is 10.2. The molecule has 0 spiro atoms. The molecule has 7 heteroatoms. The third-order valence-electron chi connectivity index (χ3n) is 3.90. The molecule has 0 bridgehead atoms. The monoisotopic (exact) mass is 461 g/mol. The number of anilines is 1. The first-order chi connectivity index (χ1) is 12.9. The fraction of sp³-hybridized carbons (Fsp3) is 0.0500. The van der Waals surface area contributed by atoms with Crippen LogP contribution in [0.1, 0.15) is 10.4 Å². The lowest BCUT2D eigenvalue weighted by molar-refractivity contribution is 0.102. The normalized spacial score (nSPS) is 11.2. The van der Waals surface area contributed by atoms with Crippen LogP contribution in [0, 0.1) is 0 Å². The minimum Gasteiger partial charge on any atom is -0.322 e. The maximum absolute atomic E-state index is 12.7. The van der Waals surface area contributed by atoms with Gasteiger partial charge in [-0.15, -0.1) is 11.8 Å². The predicted octanol–water partition coefficient (Wildman–Crippen LogP) is 5.26. The number of benzene rings is 3. The lowest BCUT2D eigenvalue weighted by Crippen LogP contribution is -2.13. The van der Waals surface area contributed by atoms with E-state index in [0.29, 0.717) is 11.3 Å². The third-order valence-corrected chi connectivity index (χ3v) is 7.01. The van der Waals surface area contributed by atoms with Crippen molar-refractivity contribution in [3.8, 4) is 0 Å². The van der Waals surface area contributed by atoms with Gasteiger partial charge in [-0.05, 0) is 66.9 Å². The Kier molecular flexibility index (Phi) is 6.04. The average Bonchev–Trinajstić information content (AvgIpc) is 2.68. The van der Waals surface area contributed by atoms with Gasteiger partial charge in [0.2, 0.25) is 9.84 Å². The van der Waals surface area contributed by atoms with Crippen LogP contribution in [-0.4, -0.2) is 20.6 Å². The molecule has 1 N–H and O–H groups in total. The number of amides is 1. The number of rotatable bonds is 5. The topological polar surface area (TPSA) is 63.2 Å². The van der Waals surface area contributed by atoms with Gasteiger partial charge in [0.1, 0.15) is 0 Å². The van der Waals surface area contributed by atoms with Gasteiger partial charge in [0, 0.05) is 15.1 Å². The largest absolute Gasteiger partial charge is 0.322 e. The number of hydrogen-bond donors (Lipinski definition) is 1. The zero-order chi connectivity index (χ0) is 19.4. The molecule has 0 aliphatic rings. The highest BCUT2D eigenvalue weighted by Gasteiger charge is 2.18. The minimum absolute atomic E-state index is 0.173. The summed E-state index contributed by atoms with van der Waals surface area (Å²) in [6.45, 7) is 0. The minimum atomic E-state index is -3.60. The van der Waals surface area contributed by atoms with Crippen molar-refractivity contribution >= 4 is 49.1 Å². The number of halogens is 1. The second-order valence-electron chi connectivity index (χ2n) is 5.64. The summed E-state index contributed by atoms with van der Waals surface area (Å²) in [7, 11) is -3.60. The molecule has 0 saturated heterocycles. The van der Waals surface area contributed by atoms with Crippen molar-refractivity contribution < 1.29 is 13.2 Å². The molecule has 0 fully saturated rings. The van der Waals surface area contributed by atoms with Crippen molar-refractivity contribution in [2.24, 2.45) is 0 Å². The highest BCUT2D eigenvalue weighted by Crippen LogP contribution is 2.25. The van der Waals surface area contributed by atoms with Crippen LogP contribution in [0.4, 0.5) is 5.69 Å². The molecule has 0 atom stereocenters. The van der Waals surface area contributed by atoms with E-state index >= 15 is 0 Å². The smallest absolute Gasteiger partial charge is 0.256 e. The summed E-state index contributed by atoms with van der Waals surface area (Å²) in [5.41, 5.74) is 1.11. The van der Waals surface area contributed by atoms with E-state index in [2.05, 4.69) is 21.2 Å². The summed E-state index contributed by atoms with van der Waals surface area (Å²) in [5, 5.41) is 2.81. The lowest BCUT2D eigenvalue weighted by Gasteiger charge is -2.10. The van der Waals surface area contributed by atoms with E-state index in [1.165, 1.54) is 23.9 Å². The summed E-state index contributed by atoms with van der Waals surface area (Å²) in [5.74, 6) is -0.233. The van der Waals surface area contributed by atoms with Gasteiger partial charge < -0.3 is 5.32 Å². The Hall–Kier alpha value is -2.09. The Labute approximate surface area is 171 Å². The first-order valence-electron chi connectivity index (χ1n) is 7.97. The van der Waals surface area contributed by atoms with E-state index in [1.54, 1.807) is 42.5 Å². The number of carbonyl (C=O) groups is 1. The Balaban J connectivity index is 1.81. The molecule has 4 nitrogen and oxygen atoms in total. The van der Waals surface area contributed by atoms with E-state index in [4.69, 9.17) is 0 Å². The van der Waals surface area contributed by atoms with Crippen LogP contribution in [0.5, 0.6) is 0 Å². The van der Waals surface area contributed by atoms with Crippen LogP contribution in [0.15, 0.2) is 92.0 Å². The summed E-state index contributed by atoms with van der Waals surface area (Å²) in [6, 6.07) is 20.0. The van der Waals surface area contributed by atoms with Crippen LogP contribution in [-0.2, 0) is 9.84 Å². The molecule has 3 aromatic carbocycles. The maximum Gasteiger partial charge on any atom is 0.256 e. The zero-order valence-electron chi connectivity index (χ0n) is 14.3. The standard InChI is InChI=1S/C20H16BrNO3S2/c1-26-19-5-3-2-4-18(19)20(23)22-15-8-12-17(13-9-15)27(24,25)16-10-6-14(21)7-11-16/h2-13H,1H3,(H,22,23). The second kappa shape index (κ2) is 8.29. The summed E-state index contributed by atoms with van der Waals surface area (Å²) < 4.78 is 26.2. The van der Waals surface area contributed by atoms with E-state index in [0.717, 1.165) is 9.37 Å². The van der Waals surface area contributed by atoms with Gasteiger partial charge in [0.05, 0.1) is 15.4 Å². The first kappa shape index (κ1) is 19.7. The molecule has 0 aliphatic carbocycles. The van der Waals surface area contributed by atoms with Gasteiger partial charge in [-0.3, -0.25) is 4.79 Å². The average molecular weight is 462 g/mol. The van der Waals surface area contributed by atoms with Crippen LogP contribution < -0.4 is 5.32 Å². The summed E-state index contributed by atoms with van der Waals surface area (Å²) >= 11 is 4.79. The van der Waals surface area contributed by atoms with Crippen molar-refractivity contribution in [1.82, 2.24) is 0 Å². The second-order valence-corrected chi connectivity index (χ2v) is 9.35. The number of carbonyl (C=O) groups excluding carboxylic acids is 1. The Morgan fingerprint density at radius 1 is 0.889 bits per heavy atom. The fourth-order valence-electron chi connectivity index (χ4n) is 2.50. The molecule has 0 saturated carbocycles. The molecule has 3 aromatic rings. The van der Waals surface area contributed by atoms with E-state index in [9.17, 15) is 13.2 Å². The van der Waals surface area contributed by atoms with Crippen LogP contribution >= 0.6 is 27.7 Å². The van der Waals surface area contributed by atoms with E-state index in [1.807, 2.05) is 24.5 Å². The fourth-order valence-corrected chi connectivity index (χ4v) is 4.62. The van der Waals surface area contributed by atoms with Crippen molar-refractivity contribution in [3.63, 3.8) is 0 Å². The molecule has 138 valence electrons. The predicted molar refractivity (Wildman–Crippen MR) is 112 cm³/mol.